The van der Waals surface area contributed by atoms with Gasteiger partial charge in [-0.1, -0.05) is 25.0 Å². The molecule has 1 fully saturated rings. The Balaban J connectivity index is 2.23. The van der Waals surface area contributed by atoms with Crippen LogP contribution < -0.4 is 0 Å². The summed E-state index contributed by atoms with van der Waals surface area (Å²) in [5.41, 5.74) is -0.350. The lowest BCUT2D eigenvalue weighted by Crippen LogP contribution is -2.49. The van der Waals surface area contributed by atoms with Crippen LogP contribution in [0.5, 0.6) is 0 Å². The maximum Gasteiger partial charge on any atom is 0.162 e. The Bertz CT molecular complexity index is 479. The van der Waals surface area contributed by atoms with E-state index in [2.05, 4.69) is 0 Å². The van der Waals surface area contributed by atoms with E-state index in [0.29, 0.717) is 0 Å². The average molecular weight is 267 g/mol. The lowest BCUT2D eigenvalue weighted by atomic mass is 9.87. The molecule has 1 aliphatic rings. The number of ketones is 1. The maximum atomic E-state index is 13.6. The standard InChI is InChI=1S/C15H19F2NO/c1-18(2)15(8-3-4-9-15)13(19)10-11-6-5-7-12(16)14(11)17/h5-7H,3-4,8-10H2,1-2H3. The minimum atomic E-state index is -0.900. The summed E-state index contributed by atoms with van der Waals surface area (Å²) in [5, 5.41) is 0. The summed E-state index contributed by atoms with van der Waals surface area (Å²) < 4.78 is 26.8. The number of halogens is 2. The van der Waals surface area contributed by atoms with Crippen LogP contribution >= 0.6 is 0 Å². The van der Waals surface area contributed by atoms with E-state index in [4.69, 9.17) is 0 Å². The molecule has 0 N–H and O–H groups in total. The minimum absolute atomic E-state index is 0.0144. The van der Waals surface area contributed by atoms with Crippen molar-refractivity contribution in [3.8, 4) is 0 Å². The van der Waals surface area contributed by atoms with E-state index in [1.807, 2.05) is 19.0 Å². The van der Waals surface area contributed by atoms with Crippen LogP contribution in [0.25, 0.3) is 0 Å². The molecule has 104 valence electrons. The summed E-state index contributed by atoms with van der Waals surface area (Å²) in [7, 11) is 3.76. The number of likely N-dealkylation sites (N-methyl/N-ethyl adjacent to an activating group) is 1. The Labute approximate surface area is 112 Å². The van der Waals surface area contributed by atoms with Gasteiger partial charge >= 0.3 is 0 Å². The molecule has 19 heavy (non-hydrogen) atoms. The van der Waals surface area contributed by atoms with Crippen LogP contribution in [-0.2, 0) is 11.2 Å². The SMILES string of the molecule is CN(C)C1(C(=O)Cc2cccc(F)c2F)CCCC1. The fourth-order valence-corrected chi connectivity index (χ4v) is 2.96. The van der Waals surface area contributed by atoms with Gasteiger partial charge in [0.2, 0.25) is 0 Å². The highest BCUT2D eigenvalue weighted by molar-refractivity contribution is 5.90. The third-order valence-electron chi connectivity index (χ3n) is 4.19. The molecule has 0 atom stereocenters. The molecule has 4 heteroatoms. The van der Waals surface area contributed by atoms with E-state index in [-0.39, 0.29) is 17.8 Å². The van der Waals surface area contributed by atoms with Crippen molar-refractivity contribution >= 4 is 5.78 Å². The zero-order valence-electron chi connectivity index (χ0n) is 11.4. The Morgan fingerprint density at radius 3 is 2.47 bits per heavy atom. The van der Waals surface area contributed by atoms with Crippen LogP contribution in [0.1, 0.15) is 31.2 Å². The minimum Gasteiger partial charge on any atom is -0.297 e. The van der Waals surface area contributed by atoms with Gasteiger partial charge in [-0.2, -0.15) is 0 Å². The van der Waals surface area contributed by atoms with Crippen LogP contribution in [-0.4, -0.2) is 30.3 Å². The second kappa shape index (κ2) is 5.37. The van der Waals surface area contributed by atoms with Crippen molar-refractivity contribution in [2.24, 2.45) is 0 Å². The van der Waals surface area contributed by atoms with Crippen molar-refractivity contribution in [3.05, 3.63) is 35.4 Å². The molecule has 0 amide bonds. The van der Waals surface area contributed by atoms with Crippen LogP contribution in [0.2, 0.25) is 0 Å². The van der Waals surface area contributed by atoms with Gasteiger partial charge in [-0.3, -0.25) is 9.69 Å². The summed E-state index contributed by atoms with van der Waals surface area (Å²) in [6.07, 6.45) is 3.58. The summed E-state index contributed by atoms with van der Waals surface area (Å²) in [6.45, 7) is 0. The van der Waals surface area contributed by atoms with Gasteiger partial charge in [-0.25, -0.2) is 8.78 Å². The van der Waals surface area contributed by atoms with Crippen LogP contribution in [0.4, 0.5) is 8.78 Å². The third-order valence-corrected chi connectivity index (χ3v) is 4.19. The van der Waals surface area contributed by atoms with Crippen molar-refractivity contribution in [1.29, 1.82) is 0 Å². The van der Waals surface area contributed by atoms with Crippen molar-refractivity contribution < 1.29 is 13.6 Å². The van der Waals surface area contributed by atoms with Gasteiger partial charge in [0.25, 0.3) is 0 Å². The van der Waals surface area contributed by atoms with Gasteiger partial charge in [0, 0.05) is 6.42 Å². The number of hydrogen-bond donors (Lipinski definition) is 0. The Morgan fingerprint density at radius 1 is 1.26 bits per heavy atom. The van der Waals surface area contributed by atoms with Crippen molar-refractivity contribution in [2.45, 2.75) is 37.6 Å². The van der Waals surface area contributed by atoms with Gasteiger partial charge < -0.3 is 0 Å². The third kappa shape index (κ3) is 2.54. The van der Waals surface area contributed by atoms with Crippen molar-refractivity contribution in [2.75, 3.05) is 14.1 Å². The summed E-state index contributed by atoms with van der Waals surface area (Å²) in [6, 6.07) is 3.99. The van der Waals surface area contributed by atoms with E-state index in [1.165, 1.54) is 12.1 Å². The fourth-order valence-electron chi connectivity index (χ4n) is 2.96. The lowest BCUT2D eigenvalue weighted by molar-refractivity contribution is -0.128. The first kappa shape index (κ1) is 14.1. The molecule has 0 spiro atoms. The zero-order valence-corrected chi connectivity index (χ0v) is 11.4. The van der Waals surface area contributed by atoms with Gasteiger partial charge in [-0.15, -0.1) is 0 Å². The van der Waals surface area contributed by atoms with Gasteiger partial charge in [0.15, 0.2) is 17.4 Å². The zero-order chi connectivity index (χ0) is 14.0. The maximum absolute atomic E-state index is 13.6. The number of carbonyl (C=O) groups excluding carboxylic acids is 1. The molecule has 0 aliphatic heterocycles. The molecule has 0 unspecified atom stereocenters. The molecule has 0 bridgehead atoms. The number of carbonyl (C=O) groups is 1. The van der Waals surface area contributed by atoms with Crippen LogP contribution in [0.15, 0.2) is 18.2 Å². The molecular formula is C15H19F2NO. The highest BCUT2D eigenvalue weighted by Gasteiger charge is 2.42. The van der Waals surface area contributed by atoms with E-state index in [0.717, 1.165) is 31.7 Å². The number of hydrogen-bond acceptors (Lipinski definition) is 2. The first-order chi connectivity index (χ1) is 8.97. The molecule has 1 saturated carbocycles. The average Bonchev–Trinajstić information content (AvgIpc) is 2.85. The van der Waals surface area contributed by atoms with Gasteiger partial charge in [0.1, 0.15) is 0 Å². The molecule has 1 aromatic rings. The molecule has 0 aromatic heterocycles. The fraction of sp³-hybridized carbons (Fsp3) is 0.533. The highest BCUT2D eigenvalue weighted by atomic mass is 19.2. The van der Waals surface area contributed by atoms with Gasteiger partial charge in [0.05, 0.1) is 5.54 Å². The first-order valence-corrected chi connectivity index (χ1v) is 6.61. The monoisotopic (exact) mass is 267 g/mol. The number of benzene rings is 1. The Hall–Kier alpha value is -1.29. The topological polar surface area (TPSA) is 20.3 Å². The first-order valence-electron chi connectivity index (χ1n) is 6.61. The number of rotatable bonds is 4. The predicted molar refractivity (Wildman–Crippen MR) is 70.0 cm³/mol. The second-order valence-corrected chi connectivity index (χ2v) is 5.45. The smallest absolute Gasteiger partial charge is 0.162 e. The van der Waals surface area contributed by atoms with Crippen molar-refractivity contribution in [1.82, 2.24) is 4.90 Å². The normalized spacial score (nSPS) is 17.9. The number of nitrogens with zero attached hydrogens (tertiary/aromatic N) is 1. The molecular weight excluding hydrogens is 248 g/mol. The second-order valence-electron chi connectivity index (χ2n) is 5.45. The largest absolute Gasteiger partial charge is 0.297 e. The van der Waals surface area contributed by atoms with Gasteiger partial charge in [-0.05, 0) is 38.6 Å². The molecule has 0 heterocycles. The summed E-state index contributed by atoms with van der Waals surface area (Å²) in [5.74, 6) is -1.81. The molecule has 0 saturated heterocycles. The molecule has 1 aromatic carbocycles. The van der Waals surface area contributed by atoms with E-state index < -0.39 is 17.2 Å². The predicted octanol–water partition coefficient (Wildman–Crippen LogP) is 2.95. The molecule has 2 nitrogen and oxygen atoms in total. The highest BCUT2D eigenvalue weighted by Crippen LogP contribution is 2.35. The Morgan fingerprint density at radius 2 is 1.89 bits per heavy atom. The van der Waals surface area contributed by atoms with E-state index in [9.17, 15) is 13.6 Å². The van der Waals surface area contributed by atoms with E-state index in [1.54, 1.807) is 0 Å². The lowest BCUT2D eigenvalue weighted by Gasteiger charge is -2.34. The number of Topliss-reactive ketones (excluding diaryl/α,β-unsaturated/α-hetero) is 1. The Kier molecular flexibility index (Phi) is 3.99. The van der Waals surface area contributed by atoms with Crippen LogP contribution in [0.3, 0.4) is 0 Å². The van der Waals surface area contributed by atoms with Crippen LogP contribution in [0, 0.1) is 11.6 Å². The van der Waals surface area contributed by atoms with Crippen molar-refractivity contribution in [3.63, 3.8) is 0 Å². The summed E-state index contributed by atoms with van der Waals surface area (Å²) >= 11 is 0. The quantitative estimate of drug-likeness (QED) is 0.836. The molecule has 2 rings (SSSR count). The summed E-state index contributed by atoms with van der Waals surface area (Å²) in [4.78, 5) is 14.4. The molecule has 0 radical (unpaired) electrons. The molecule has 1 aliphatic carbocycles. The van der Waals surface area contributed by atoms with E-state index >= 15 is 0 Å².